The maximum Gasteiger partial charge on any atom is 0.142 e. The molecule has 0 aliphatic rings. The summed E-state index contributed by atoms with van der Waals surface area (Å²) in [6.45, 7) is 1.74. The Balaban J connectivity index is 3.60. The van der Waals surface area contributed by atoms with Gasteiger partial charge in [0.05, 0.1) is 0 Å². The molecule has 2 nitrogen and oxygen atoms in total. The molecule has 0 bridgehead atoms. The summed E-state index contributed by atoms with van der Waals surface area (Å²) in [6, 6.07) is 0. The zero-order valence-corrected chi connectivity index (χ0v) is 4.76. The molecule has 0 atom stereocenters. The summed E-state index contributed by atoms with van der Waals surface area (Å²) in [7, 11) is 0. The number of aldehydes is 2. The first-order valence-electron chi connectivity index (χ1n) is 2.36. The maximum atomic E-state index is 9.73. The fourth-order valence-corrected chi connectivity index (χ4v) is 0.316. The Morgan fingerprint density at radius 3 is 2.50 bits per heavy atom. The Hall–Kier alpha value is -0.920. The number of allylic oxidation sites excluding steroid dienone is 2. The summed E-state index contributed by atoms with van der Waals surface area (Å²) in [6.07, 6.45) is 3.20. The standard InChI is InChI=1S/C6H8O2/c1-6(2-4-7)3-5-8/h2,4-5H,3H2,1H3/b6-2+. The van der Waals surface area contributed by atoms with Crippen LogP contribution in [0.15, 0.2) is 11.6 Å². The van der Waals surface area contributed by atoms with Crippen LogP contribution in [0, 0.1) is 0 Å². The van der Waals surface area contributed by atoms with Crippen molar-refractivity contribution in [3.63, 3.8) is 0 Å². The van der Waals surface area contributed by atoms with E-state index < -0.39 is 0 Å². The van der Waals surface area contributed by atoms with E-state index in [1.807, 2.05) is 0 Å². The van der Waals surface area contributed by atoms with E-state index in [-0.39, 0.29) is 0 Å². The molecule has 0 spiro atoms. The highest BCUT2D eigenvalue weighted by Gasteiger charge is 1.82. The van der Waals surface area contributed by atoms with Crippen molar-refractivity contribution in [3.05, 3.63) is 11.6 Å². The third-order valence-corrected chi connectivity index (χ3v) is 0.758. The van der Waals surface area contributed by atoms with Crippen molar-refractivity contribution < 1.29 is 9.59 Å². The molecule has 0 aromatic heterocycles. The lowest BCUT2D eigenvalue weighted by atomic mass is 10.2. The molecule has 0 aliphatic heterocycles. The third-order valence-electron chi connectivity index (χ3n) is 0.758. The molecule has 0 saturated carbocycles. The van der Waals surface area contributed by atoms with Crippen LogP contribution in [0.25, 0.3) is 0 Å². The lowest BCUT2D eigenvalue weighted by Gasteiger charge is -1.83. The molecule has 0 heterocycles. The zero-order valence-electron chi connectivity index (χ0n) is 4.76. The summed E-state index contributed by atoms with van der Waals surface area (Å²) in [5.41, 5.74) is 0.801. The largest absolute Gasteiger partial charge is 0.303 e. The van der Waals surface area contributed by atoms with E-state index in [0.717, 1.165) is 11.9 Å². The molecular formula is C6H8O2. The second-order valence-corrected chi connectivity index (χ2v) is 1.52. The zero-order chi connectivity index (χ0) is 6.41. The Morgan fingerprint density at radius 1 is 1.50 bits per heavy atom. The van der Waals surface area contributed by atoms with Crippen LogP contribution in [0.3, 0.4) is 0 Å². The maximum absolute atomic E-state index is 9.73. The molecule has 0 aromatic rings. The monoisotopic (exact) mass is 112 g/mol. The van der Waals surface area contributed by atoms with Crippen LogP contribution < -0.4 is 0 Å². The molecule has 44 valence electrons. The smallest absolute Gasteiger partial charge is 0.142 e. The van der Waals surface area contributed by atoms with Gasteiger partial charge in [-0.2, -0.15) is 0 Å². The topological polar surface area (TPSA) is 34.1 Å². The molecule has 0 amide bonds. The highest BCUT2D eigenvalue weighted by atomic mass is 16.1. The van der Waals surface area contributed by atoms with Crippen molar-refractivity contribution in [2.75, 3.05) is 0 Å². The molecule has 2 heteroatoms. The van der Waals surface area contributed by atoms with Crippen molar-refractivity contribution in [2.45, 2.75) is 13.3 Å². The summed E-state index contributed by atoms with van der Waals surface area (Å²) in [5.74, 6) is 0. The van der Waals surface area contributed by atoms with E-state index in [1.165, 1.54) is 6.08 Å². The average Bonchev–Trinajstić information content (AvgIpc) is 1.68. The minimum atomic E-state index is 0.360. The van der Waals surface area contributed by atoms with E-state index >= 15 is 0 Å². The molecule has 0 aromatic carbocycles. The first-order valence-corrected chi connectivity index (χ1v) is 2.36. The normalized spacial score (nSPS) is 10.9. The van der Waals surface area contributed by atoms with Gasteiger partial charge in [-0.15, -0.1) is 0 Å². The van der Waals surface area contributed by atoms with Crippen LogP contribution in [0.2, 0.25) is 0 Å². The molecule has 0 N–H and O–H groups in total. The number of carbonyl (C=O) groups is 2. The Kier molecular flexibility index (Phi) is 3.76. The highest BCUT2D eigenvalue weighted by molar-refractivity contribution is 5.68. The van der Waals surface area contributed by atoms with Crippen LogP contribution in [0.5, 0.6) is 0 Å². The lowest BCUT2D eigenvalue weighted by molar-refractivity contribution is -0.107. The fourth-order valence-electron chi connectivity index (χ4n) is 0.316. The Labute approximate surface area is 48.2 Å². The first kappa shape index (κ1) is 7.08. The van der Waals surface area contributed by atoms with Crippen LogP contribution in [0.4, 0.5) is 0 Å². The predicted molar refractivity (Wildman–Crippen MR) is 30.5 cm³/mol. The molecular weight excluding hydrogens is 104 g/mol. The number of hydrogen-bond acceptors (Lipinski definition) is 2. The molecule has 8 heavy (non-hydrogen) atoms. The SMILES string of the molecule is C/C(=C\C=O)CC=O. The van der Waals surface area contributed by atoms with Crippen LogP contribution >= 0.6 is 0 Å². The van der Waals surface area contributed by atoms with Crippen LogP contribution in [-0.4, -0.2) is 12.6 Å². The quantitative estimate of drug-likeness (QED) is 0.398. The summed E-state index contributed by atoms with van der Waals surface area (Å²) in [4.78, 5) is 19.4. The third kappa shape index (κ3) is 3.28. The van der Waals surface area contributed by atoms with Gasteiger partial charge in [-0.05, 0) is 13.0 Å². The highest BCUT2D eigenvalue weighted by Crippen LogP contribution is 1.92. The molecule has 0 aliphatic carbocycles. The first-order chi connectivity index (χ1) is 3.81. The summed E-state index contributed by atoms with van der Waals surface area (Å²) >= 11 is 0. The molecule has 0 rings (SSSR count). The average molecular weight is 112 g/mol. The number of carbonyl (C=O) groups excluding carboxylic acids is 2. The van der Waals surface area contributed by atoms with Gasteiger partial charge in [0.1, 0.15) is 12.6 Å². The van der Waals surface area contributed by atoms with Crippen molar-refractivity contribution in [1.29, 1.82) is 0 Å². The summed E-state index contributed by atoms with van der Waals surface area (Å²) < 4.78 is 0. The van der Waals surface area contributed by atoms with Gasteiger partial charge in [0, 0.05) is 6.42 Å². The number of hydrogen-bond donors (Lipinski definition) is 0. The van der Waals surface area contributed by atoms with Gasteiger partial charge in [0.25, 0.3) is 0 Å². The van der Waals surface area contributed by atoms with Crippen LogP contribution in [0.1, 0.15) is 13.3 Å². The number of rotatable bonds is 3. The van der Waals surface area contributed by atoms with Gasteiger partial charge in [-0.1, -0.05) is 5.57 Å². The van der Waals surface area contributed by atoms with E-state index in [9.17, 15) is 9.59 Å². The van der Waals surface area contributed by atoms with Gasteiger partial charge in [0.15, 0.2) is 0 Å². The van der Waals surface area contributed by atoms with Gasteiger partial charge >= 0.3 is 0 Å². The fraction of sp³-hybridized carbons (Fsp3) is 0.333. The van der Waals surface area contributed by atoms with Gasteiger partial charge in [-0.3, -0.25) is 4.79 Å². The molecule has 0 radical (unpaired) electrons. The van der Waals surface area contributed by atoms with Crippen molar-refractivity contribution >= 4 is 12.6 Å². The van der Waals surface area contributed by atoms with Crippen molar-refractivity contribution in [2.24, 2.45) is 0 Å². The summed E-state index contributed by atoms with van der Waals surface area (Å²) in [5, 5.41) is 0. The lowest BCUT2D eigenvalue weighted by Crippen LogP contribution is -1.77. The predicted octanol–water partition coefficient (Wildman–Crippen LogP) is 0.721. The Bertz CT molecular complexity index is 114. The molecule has 0 unspecified atom stereocenters. The van der Waals surface area contributed by atoms with Gasteiger partial charge in [-0.25, -0.2) is 0 Å². The van der Waals surface area contributed by atoms with Crippen LogP contribution in [-0.2, 0) is 9.59 Å². The van der Waals surface area contributed by atoms with Gasteiger partial charge in [0.2, 0.25) is 0 Å². The second kappa shape index (κ2) is 4.24. The second-order valence-electron chi connectivity index (χ2n) is 1.52. The van der Waals surface area contributed by atoms with E-state index in [1.54, 1.807) is 6.92 Å². The van der Waals surface area contributed by atoms with Crippen molar-refractivity contribution in [1.82, 2.24) is 0 Å². The van der Waals surface area contributed by atoms with Gasteiger partial charge < -0.3 is 4.79 Å². The van der Waals surface area contributed by atoms with Crippen molar-refractivity contribution in [3.8, 4) is 0 Å². The minimum absolute atomic E-state index is 0.360. The molecule has 0 fully saturated rings. The van der Waals surface area contributed by atoms with E-state index in [0.29, 0.717) is 12.7 Å². The molecule has 0 saturated heterocycles. The minimum Gasteiger partial charge on any atom is -0.303 e. The Morgan fingerprint density at radius 2 is 2.12 bits per heavy atom. The van der Waals surface area contributed by atoms with E-state index in [4.69, 9.17) is 0 Å². The van der Waals surface area contributed by atoms with E-state index in [2.05, 4.69) is 0 Å².